The van der Waals surface area contributed by atoms with E-state index < -0.39 is 0 Å². The predicted octanol–water partition coefficient (Wildman–Crippen LogP) is 3.18. The minimum atomic E-state index is 0.156. The van der Waals surface area contributed by atoms with Crippen LogP contribution in [0, 0.1) is 0 Å². The fourth-order valence-corrected chi connectivity index (χ4v) is 4.39. The number of aromatic nitrogens is 1. The molecule has 1 aliphatic heterocycles. The molecule has 1 saturated carbocycles. The summed E-state index contributed by atoms with van der Waals surface area (Å²) in [6.07, 6.45) is 7.93. The average molecular weight is 311 g/mol. The lowest BCUT2D eigenvalue weighted by Gasteiger charge is -2.42. The molecule has 1 aromatic heterocycles. The molecule has 1 fully saturated rings. The number of rotatable bonds is 2. The van der Waals surface area contributed by atoms with Gasteiger partial charge in [-0.15, -0.1) is 0 Å². The Morgan fingerprint density at radius 2 is 1.96 bits per heavy atom. The zero-order valence-electron chi connectivity index (χ0n) is 14.0. The molecule has 0 atom stereocenters. The number of anilines is 1. The summed E-state index contributed by atoms with van der Waals surface area (Å²) in [7, 11) is 4.39. The molecule has 0 unspecified atom stereocenters. The van der Waals surface area contributed by atoms with Crippen molar-refractivity contribution in [2.45, 2.75) is 44.2 Å². The number of aromatic hydroxyl groups is 1. The second-order valence-corrected chi connectivity index (χ2v) is 7.18. The highest BCUT2D eigenvalue weighted by atomic mass is 16.3. The Hall–Kier alpha value is -1.81. The van der Waals surface area contributed by atoms with Gasteiger partial charge < -0.3 is 14.9 Å². The zero-order valence-corrected chi connectivity index (χ0v) is 14.0. The van der Waals surface area contributed by atoms with Crippen LogP contribution in [0.1, 0.15) is 31.2 Å². The van der Waals surface area contributed by atoms with Gasteiger partial charge in [-0.3, -0.25) is 0 Å². The monoisotopic (exact) mass is 311 g/mol. The lowest BCUT2D eigenvalue weighted by molar-refractivity contribution is 0.213. The first-order chi connectivity index (χ1) is 11.1. The van der Waals surface area contributed by atoms with E-state index in [0.717, 1.165) is 24.4 Å². The third-order valence-electron chi connectivity index (χ3n) is 5.72. The minimum Gasteiger partial charge on any atom is -0.493 e. The highest BCUT2D eigenvalue weighted by Gasteiger charge is 2.30. The standard InChI is InChI=1S/C19H25N3O/c1-21(2)14-6-8-15(9-7-14)22-11-10-13-12-20-19(23)16-4-3-5-17(22)18(13)16/h3-5,12,14-15H,6-11H2,1-2H3,(H,20,23)/t14-,15+. The van der Waals surface area contributed by atoms with E-state index in [1.165, 1.54) is 42.3 Å². The molecule has 23 heavy (non-hydrogen) atoms. The van der Waals surface area contributed by atoms with Gasteiger partial charge in [0.15, 0.2) is 0 Å². The topological polar surface area (TPSA) is 39.6 Å². The molecule has 0 radical (unpaired) electrons. The van der Waals surface area contributed by atoms with E-state index in [-0.39, 0.29) is 5.88 Å². The lowest BCUT2D eigenvalue weighted by Crippen LogP contribution is -2.44. The predicted molar refractivity (Wildman–Crippen MR) is 94.2 cm³/mol. The van der Waals surface area contributed by atoms with E-state index >= 15 is 0 Å². The lowest BCUT2D eigenvalue weighted by atomic mass is 9.87. The van der Waals surface area contributed by atoms with E-state index in [0.29, 0.717) is 6.04 Å². The molecule has 0 spiro atoms. The molecule has 1 N–H and O–H groups in total. The van der Waals surface area contributed by atoms with E-state index in [4.69, 9.17) is 0 Å². The fourth-order valence-electron chi connectivity index (χ4n) is 4.39. The second-order valence-electron chi connectivity index (χ2n) is 7.18. The Balaban J connectivity index is 1.67. The molecule has 122 valence electrons. The molecule has 4 rings (SSSR count). The number of nitrogens with zero attached hydrogens (tertiary/aromatic N) is 3. The summed E-state index contributed by atoms with van der Waals surface area (Å²) in [5.41, 5.74) is 2.56. The van der Waals surface area contributed by atoms with Gasteiger partial charge in [0.25, 0.3) is 0 Å². The van der Waals surface area contributed by atoms with Crippen LogP contribution in [0.3, 0.4) is 0 Å². The summed E-state index contributed by atoms with van der Waals surface area (Å²) < 4.78 is 0. The van der Waals surface area contributed by atoms with Crippen LogP contribution in [-0.2, 0) is 6.42 Å². The van der Waals surface area contributed by atoms with E-state index in [1.807, 2.05) is 18.3 Å². The summed E-state index contributed by atoms with van der Waals surface area (Å²) in [6.45, 7) is 1.07. The van der Waals surface area contributed by atoms with Gasteiger partial charge in [-0.1, -0.05) is 6.07 Å². The van der Waals surface area contributed by atoms with Crippen LogP contribution < -0.4 is 4.90 Å². The zero-order chi connectivity index (χ0) is 16.0. The van der Waals surface area contributed by atoms with Crippen molar-refractivity contribution >= 4 is 16.5 Å². The van der Waals surface area contributed by atoms with Crippen LogP contribution in [0.2, 0.25) is 0 Å². The maximum atomic E-state index is 10.1. The minimum absolute atomic E-state index is 0.156. The molecular weight excluding hydrogens is 286 g/mol. The second kappa shape index (κ2) is 5.68. The molecule has 1 aromatic carbocycles. The molecule has 1 aliphatic carbocycles. The Morgan fingerprint density at radius 3 is 2.70 bits per heavy atom. The van der Waals surface area contributed by atoms with Crippen molar-refractivity contribution in [2.75, 3.05) is 25.5 Å². The van der Waals surface area contributed by atoms with Crippen LogP contribution in [0.25, 0.3) is 10.8 Å². The SMILES string of the molecule is CN(C)[C@H]1CC[C@@H](N2CCc3cnc(O)c4cccc2c34)CC1. The fraction of sp³-hybridized carbons (Fsp3) is 0.526. The van der Waals surface area contributed by atoms with Crippen molar-refractivity contribution in [3.8, 4) is 5.88 Å². The van der Waals surface area contributed by atoms with Crippen molar-refractivity contribution in [1.82, 2.24) is 9.88 Å². The summed E-state index contributed by atoms with van der Waals surface area (Å²) in [6, 6.07) is 7.60. The van der Waals surface area contributed by atoms with Gasteiger partial charge in [-0.05, 0) is 63.9 Å². The van der Waals surface area contributed by atoms with Crippen LogP contribution in [0.5, 0.6) is 5.88 Å². The van der Waals surface area contributed by atoms with Crippen LogP contribution >= 0.6 is 0 Å². The van der Waals surface area contributed by atoms with Gasteiger partial charge in [0, 0.05) is 41.3 Å². The molecular formula is C19H25N3O. The third-order valence-corrected chi connectivity index (χ3v) is 5.72. The quantitative estimate of drug-likeness (QED) is 0.925. The smallest absolute Gasteiger partial charge is 0.218 e. The molecule has 0 saturated heterocycles. The van der Waals surface area contributed by atoms with Crippen LogP contribution in [-0.4, -0.2) is 47.7 Å². The Labute approximate surface area is 137 Å². The van der Waals surface area contributed by atoms with Gasteiger partial charge >= 0.3 is 0 Å². The first kappa shape index (κ1) is 14.8. The molecule has 4 nitrogen and oxygen atoms in total. The van der Waals surface area contributed by atoms with E-state index in [1.54, 1.807) is 0 Å². The summed E-state index contributed by atoms with van der Waals surface area (Å²) in [5, 5.41) is 12.2. The normalized spacial score (nSPS) is 24.4. The van der Waals surface area contributed by atoms with Crippen molar-refractivity contribution < 1.29 is 5.11 Å². The Kier molecular flexibility index (Phi) is 3.64. The van der Waals surface area contributed by atoms with Gasteiger partial charge in [-0.2, -0.15) is 0 Å². The van der Waals surface area contributed by atoms with Gasteiger partial charge in [-0.25, -0.2) is 4.98 Å². The van der Waals surface area contributed by atoms with Gasteiger partial charge in [0.2, 0.25) is 5.88 Å². The van der Waals surface area contributed by atoms with Gasteiger partial charge in [0.05, 0.1) is 0 Å². The molecule has 2 heterocycles. The summed E-state index contributed by atoms with van der Waals surface area (Å²) >= 11 is 0. The third kappa shape index (κ3) is 2.45. The van der Waals surface area contributed by atoms with Crippen LogP contribution in [0.4, 0.5) is 5.69 Å². The number of hydrogen-bond donors (Lipinski definition) is 1. The number of pyridine rings is 1. The summed E-state index contributed by atoms with van der Waals surface area (Å²) in [5.74, 6) is 0.156. The highest BCUT2D eigenvalue weighted by molar-refractivity contribution is 6.00. The van der Waals surface area contributed by atoms with Crippen molar-refractivity contribution in [1.29, 1.82) is 0 Å². The maximum Gasteiger partial charge on any atom is 0.218 e. The largest absolute Gasteiger partial charge is 0.493 e. The van der Waals surface area contributed by atoms with E-state index in [2.05, 4.69) is 34.9 Å². The first-order valence-corrected chi connectivity index (χ1v) is 8.68. The summed E-state index contributed by atoms with van der Waals surface area (Å²) in [4.78, 5) is 9.10. The number of hydrogen-bond acceptors (Lipinski definition) is 4. The van der Waals surface area contributed by atoms with Crippen LogP contribution in [0.15, 0.2) is 24.4 Å². The Bertz CT molecular complexity index is 720. The highest BCUT2D eigenvalue weighted by Crippen LogP contribution is 2.40. The van der Waals surface area contributed by atoms with Crippen molar-refractivity contribution in [2.24, 2.45) is 0 Å². The molecule has 4 heteroatoms. The maximum absolute atomic E-state index is 10.1. The number of benzene rings is 1. The van der Waals surface area contributed by atoms with Crippen molar-refractivity contribution in [3.05, 3.63) is 30.0 Å². The Morgan fingerprint density at radius 1 is 1.17 bits per heavy atom. The molecule has 2 aliphatic rings. The molecule has 0 bridgehead atoms. The molecule has 0 amide bonds. The molecule has 2 aromatic rings. The average Bonchev–Trinajstić information content (AvgIpc) is 2.58. The first-order valence-electron chi connectivity index (χ1n) is 8.68. The van der Waals surface area contributed by atoms with E-state index in [9.17, 15) is 5.11 Å². The van der Waals surface area contributed by atoms with Gasteiger partial charge in [0.1, 0.15) is 0 Å². The van der Waals surface area contributed by atoms with Crippen molar-refractivity contribution in [3.63, 3.8) is 0 Å².